The minimum Gasteiger partial charge on any atom is -0.496 e. The molecule has 242 valence electrons. The second-order valence-corrected chi connectivity index (χ2v) is 13.8. The molecule has 0 aliphatic carbocycles. The zero-order chi connectivity index (χ0) is 33.3. The van der Waals surface area contributed by atoms with Crippen molar-refractivity contribution in [2.75, 3.05) is 24.5 Å². The smallest absolute Gasteiger partial charge is 0.264 e. The van der Waals surface area contributed by atoms with Gasteiger partial charge in [-0.15, -0.1) is 0 Å². The van der Waals surface area contributed by atoms with Crippen molar-refractivity contribution in [3.05, 3.63) is 124 Å². The third kappa shape index (κ3) is 8.55. The average molecular weight is 707 g/mol. The van der Waals surface area contributed by atoms with E-state index in [1.165, 1.54) is 24.1 Å². The fourth-order valence-corrected chi connectivity index (χ4v) is 7.20. The number of benzene rings is 4. The van der Waals surface area contributed by atoms with Crippen molar-refractivity contribution in [3.8, 4) is 5.75 Å². The molecule has 0 radical (unpaired) electrons. The van der Waals surface area contributed by atoms with Crippen LogP contribution in [0.15, 0.2) is 106 Å². The molecule has 0 aromatic heterocycles. The molecule has 0 heterocycles. The molecular formula is C36H40BrN3O5S. The van der Waals surface area contributed by atoms with Gasteiger partial charge in [0.25, 0.3) is 10.0 Å². The van der Waals surface area contributed by atoms with Gasteiger partial charge in [-0.1, -0.05) is 79.2 Å². The van der Waals surface area contributed by atoms with E-state index in [0.29, 0.717) is 22.5 Å². The van der Waals surface area contributed by atoms with Crippen LogP contribution in [0.2, 0.25) is 0 Å². The summed E-state index contributed by atoms with van der Waals surface area (Å²) >= 11 is 3.39. The molecule has 0 saturated heterocycles. The van der Waals surface area contributed by atoms with Gasteiger partial charge in [-0.2, -0.15) is 0 Å². The van der Waals surface area contributed by atoms with E-state index in [1.54, 1.807) is 30.3 Å². The highest BCUT2D eigenvalue weighted by atomic mass is 79.9. The molecule has 2 amide bonds. The number of hydrogen-bond acceptors (Lipinski definition) is 5. The second kappa shape index (κ2) is 15.9. The Balaban J connectivity index is 1.81. The molecule has 46 heavy (non-hydrogen) atoms. The second-order valence-electron chi connectivity index (χ2n) is 11.1. The summed E-state index contributed by atoms with van der Waals surface area (Å²) < 4.78 is 35.5. The standard InChI is InChI=1S/C36H40BrN3O5S/c1-5-21-38-36(42)33(22-28-12-7-6-8-13-28)39(24-29-14-10-9-11-27(29)3)35(41)25-40(30-17-15-26(2)16-18-30)46(43,44)31-19-20-34(45-4)32(37)23-31/h6-20,23,33H,5,21-22,24-25H2,1-4H3,(H,38,42). The number of halogens is 1. The van der Waals surface area contributed by atoms with Gasteiger partial charge in [0, 0.05) is 19.5 Å². The molecule has 4 aromatic carbocycles. The van der Waals surface area contributed by atoms with Crippen molar-refractivity contribution in [2.24, 2.45) is 0 Å². The number of carbonyl (C=O) groups is 2. The first-order chi connectivity index (χ1) is 22.0. The van der Waals surface area contributed by atoms with E-state index >= 15 is 0 Å². The van der Waals surface area contributed by atoms with Crippen molar-refractivity contribution >= 4 is 43.5 Å². The Hall–Kier alpha value is -4.15. The summed E-state index contributed by atoms with van der Waals surface area (Å²) in [7, 11) is -2.75. The van der Waals surface area contributed by atoms with Crippen LogP contribution in [0, 0.1) is 13.8 Å². The van der Waals surface area contributed by atoms with E-state index < -0.39 is 28.5 Å². The predicted molar refractivity (Wildman–Crippen MR) is 185 cm³/mol. The van der Waals surface area contributed by atoms with E-state index in [4.69, 9.17) is 4.74 Å². The fraction of sp³-hybridized carbons (Fsp3) is 0.278. The summed E-state index contributed by atoms with van der Waals surface area (Å²) in [5, 5.41) is 2.97. The number of nitrogens with one attached hydrogen (secondary N) is 1. The molecule has 4 rings (SSSR count). The summed E-state index contributed by atoms with van der Waals surface area (Å²) in [4.78, 5) is 29.9. The number of amides is 2. The fourth-order valence-electron chi connectivity index (χ4n) is 5.07. The zero-order valence-corrected chi connectivity index (χ0v) is 29.0. The average Bonchev–Trinajstić information content (AvgIpc) is 3.05. The lowest BCUT2D eigenvalue weighted by Gasteiger charge is -2.34. The van der Waals surface area contributed by atoms with Crippen LogP contribution in [-0.4, -0.2) is 51.4 Å². The predicted octanol–water partition coefficient (Wildman–Crippen LogP) is 6.44. The summed E-state index contributed by atoms with van der Waals surface area (Å²) in [6, 6.07) is 27.7. The minimum atomic E-state index is -4.24. The first-order valence-corrected chi connectivity index (χ1v) is 17.4. The van der Waals surface area contributed by atoms with Gasteiger partial charge in [0.2, 0.25) is 11.8 Å². The number of carbonyl (C=O) groups excluding carboxylic acids is 2. The zero-order valence-electron chi connectivity index (χ0n) is 26.6. The van der Waals surface area contributed by atoms with Crippen molar-refractivity contribution in [1.82, 2.24) is 10.2 Å². The van der Waals surface area contributed by atoms with Gasteiger partial charge in [-0.25, -0.2) is 8.42 Å². The highest BCUT2D eigenvalue weighted by molar-refractivity contribution is 9.10. The van der Waals surface area contributed by atoms with Crippen LogP contribution in [0.5, 0.6) is 5.75 Å². The summed E-state index contributed by atoms with van der Waals surface area (Å²) in [5.41, 5.74) is 3.97. The number of ether oxygens (including phenoxy) is 1. The molecule has 1 atom stereocenters. The van der Waals surface area contributed by atoms with E-state index in [0.717, 1.165) is 33.0 Å². The number of rotatable bonds is 14. The first kappa shape index (κ1) is 34.7. The summed E-state index contributed by atoms with van der Waals surface area (Å²) in [6.45, 7) is 5.87. The molecular weight excluding hydrogens is 666 g/mol. The quantitative estimate of drug-likeness (QED) is 0.163. The van der Waals surface area contributed by atoms with Crippen molar-refractivity contribution in [1.29, 1.82) is 0 Å². The summed E-state index contributed by atoms with van der Waals surface area (Å²) in [5.74, 6) is -0.327. The monoisotopic (exact) mass is 705 g/mol. The van der Waals surface area contributed by atoms with Gasteiger partial charge >= 0.3 is 0 Å². The Morgan fingerprint density at radius 2 is 1.59 bits per heavy atom. The van der Waals surface area contributed by atoms with Gasteiger partial charge in [0.1, 0.15) is 18.3 Å². The van der Waals surface area contributed by atoms with Gasteiger partial charge in [0.15, 0.2) is 0 Å². The van der Waals surface area contributed by atoms with Crippen LogP contribution in [0.1, 0.15) is 35.6 Å². The SMILES string of the molecule is CCCNC(=O)C(Cc1ccccc1)N(Cc1ccccc1C)C(=O)CN(c1ccc(C)cc1)S(=O)(=O)c1ccc(OC)c(Br)c1. The van der Waals surface area contributed by atoms with E-state index in [9.17, 15) is 18.0 Å². The van der Waals surface area contributed by atoms with Crippen LogP contribution < -0.4 is 14.4 Å². The van der Waals surface area contributed by atoms with E-state index in [1.807, 2.05) is 75.4 Å². The van der Waals surface area contributed by atoms with Crippen molar-refractivity contribution in [2.45, 2.75) is 51.1 Å². The lowest BCUT2D eigenvalue weighted by atomic mass is 10.0. The minimum absolute atomic E-state index is 0.0134. The lowest BCUT2D eigenvalue weighted by molar-refractivity contribution is -0.140. The van der Waals surface area contributed by atoms with Gasteiger partial charge < -0.3 is 15.0 Å². The Labute approximate surface area is 280 Å². The maximum atomic E-state index is 14.6. The van der Waals surface area contributed by atoms with Crippen molar-refractivity contribution in [3.63, 3.8) is 0 Å². The third-order valence-corrected chi connectivity index (χ3v) is 10.1. The number of nitrogens with zero attached hydrogens (tertiary/aromatic N) is 2. The number of aryl methyl sites for hydroxylation is 2. The van der Waals surface area contributed by atoms with Crippen LogP contribution in [-0.2, 0) is 32.6 Å². The van der Waals surface area contributed by atoms with E-state index in [2.05, 4.69) is 21.2 Å². The molecule has 4 aromatic rings. The topological polar surface area (TPSA) is 96.0 Å². The molecule has 10 heteroatoms. The number of anilines is 1. The van der Waals surface area contributed by atoms with Crippen molar-refractivity contribution < 1.29 is 22.7 Å². The number of sulfonamides is 1. The van der Waals surface area contributed by atoms with Crippen LogP contribution in [0.4, 0.5) is 5.69 Å². The summed E-state index contributed by atoms with van der Waals surface area (Å²) in [6.07, 6.45) is 0.989. The third-order valence-electron chi connectivity index (χ3n) is 7.73. The highest BCUT2D eigenvalue weighted by Gasteiger charge is 2.35. The van der Waals surface area contributed by atoms with Crippen LogP contribution >= 0.6 is 15.9 Å². The maximum absolute atomic E-state index is 14.6. The Morgan fingerprint density at radius 1 is 0.913 bits per heavy atom. The highest BCUT2D eigenvalue weighted by Crippen LogP contribution is 2.31. The Bertz CT molecular complexity index is 1750. The Kier molecular flexibility index (Phi) is 12.0. The van der Waals surface area contributed by atoms with Gasteiger partial charge in [0.05, 0.1) is 22.2 Å². The van der Waals surface area contributed by atoms with Gasteiger partial charge in [-0.05, 0) is 83.2 Å². The van der Waals surface area contributed by atoms with E-state index in [-0.39, 0.29) is 23.8 Å². The molecule has 0 spiro atoms. The van der Waals surface area contributed by atoms with Gasteiger partial charge in [-0.3, -0.25) is 13.9 Å². The molecule has 8 nitrogen and oxygen atoms in total. The number of hydrogen-bond donors (Lipinski definition) is 1. The van der Waals surface area contributed by atoms with Crippen LogP contribution in [0.3, 0.4) is 0 Å². The molecule has 0 saturated carbocycles. The normalized spacial score (nSPS) is 11.8. The number of methoxy groups -OCH3 is 1. The molecule has 0 aliphatic rings. The molecule has 0 bridgehead atoms. The first-order valence-electron chi connectivity index (χ1n) is 15.1. The molecule has 1 unspecified atom stereocenters. The Morgan fingerprint density at radius 3 is 2.22 bits per heavy atom. The molecule has 0 aliphatic heterocycles. The maximum Gasteiger partial charge on any atom is 0.264 e. The molecule has 1 N–H and O–H groups in total. The lowest BCUT2D eigenvalue weighted by Crippen LogP contribution is -2.53. The molecule has 0 fully saturated rings. The van der Waals surface area contributed by atoms with Crippen LogP contribution in [0.25, 0.3) is 0 Å². The largest absolute Gasteiger partial charge is 0.496 e.